The number of carbonyl (C=O) groups is 1. The van der Waals surface area contributed by atoms with E-state index in [1.165, 1.54) is 46.8 Å². The number of amides is 1. The predicted octanol–water partition coefficient (Wildman–Crippen LogP) is 3.47. The largest absolute Gasteiger partial charge is 0.287 e. The van der Waals surface area contributed by atoms with E-state index >= 15 is 0 Å². The number of thiazole rings is 1. The average Bonchev–Trinajstić information content (AvgIpc) is 3.24. The lowest BCUT2D eigenvalue weighted by atomic mass is 10.2. The van der Waals surface area contributed by atoms with Gasteiger partial charge in [0.05, 0.1) is 17.6 Å². The van der Waals surface area contributed by atoms with Crippen LogP contribution in [0.1, 0.15) is 10.4 Å². The highest BCUT2D eigenvalue weighted by Gasteiger charge is 2.18. The van der Waals surface area contributed by atoms with E-state index in [0.717, 1.165) is 0 Å². The minimum Gasteiger partial charge on any atom is -0.287 e. The molecule has 0 atom stereocenters. The van der Waals surface area contributed by atoms with Gasteiger partial charge >= 0.3 is 0 Å². The van der Waals surface area contributed by atoms with Gasteiger partial charge in [0, 0.05) is 30.4 Å². The molecule has 0 radical (unpaired) electrons. The summed E-state index contributed by atoms with van der Waals surface area (Å²) in [5.41, 5.74) is 2.87. The smallest absolute Gasteiger partial charge is 0.259 e. The van der Waals surface area contributed by atoms with Crippen molar-refractivity contribution < 1.29 is 9.18 Å². The van der Waals surface area contributed by atoms with Crippen LogP contribution in [-0.4, -0.2) is 37.9 Å². The molecular formula is C19H13FN6OS. The molecule has 4 aromatic rings. The van der Waals surface area contributed by atoms with Crippen LogP contribution in [0.25, 0.3) is 22.8 Å². The van der Waals surface area contributed by atoms with Gasteiger partial charge in [0.15, 0.2) is 5.13 Å². The second-order valence-electron chi connectivity index (χ2n) is 5.77. The first-order valence-electron chi connectivity index (χ1n) is 8.20. The molecule has 0 unspecified atom stereocenters. The van der Waals surface area contributed by atoms with E-state index < -0.39 is 5.82 Å². The van der Waals surface area contributed by atoms with Crippen LogP contribution < -0.4 is 4.90 Å². The quantitative estimate of drug-likeness (QED) is 0.529. The van der Waals surface area contributed by atoms with Gasteiger partial charge in [-0.1, -0.05) is 0 Å². The Kier molecular flexibility index (Phi) is 4.81. The summed E-state index contributed by atoms with van der Waals surface area (Å²) in [7, 11) is 1.62. The molecule has 0 saturated carbocycles. The first-order chi connectivity index (χ1) is 13.6. The second kappa shape index (κ2) is 7.57. The van der Waals surface area contributed by atoms with Gasteiger partial charge in [0.25, 0.3) is 5.91 Å². The summed E-state index contributed by atoms with van der Waals surface area (Å²) in [6.45, 7) is 0. The van der Waals surface area contributed by atoms with Gasteiger partial charge in [-0.2, -0.15) is 0 Å². The minimum absolute atomic E-state index is 0.274. The number of nitrogens with zero attached hydrogens (tertiary/aromatic N) is 6. The summed E-state index contributed by atoms with van der Waals surface area (Å²) in [5.74, 6) is -0.665. The number of rotatable bonds is 4. The fourth-order valence-corrected chi connectivity index (χ4v) is 3.26. The van der Waals surface area contributed by atoms with Crippen LogP contribution in [0.4, 0.5) is 9.52 Å². The van der Waals surface area contributed by atoms with Gasteiger partial charge in [-0.05, 0) is 30.3 Å². The Morgan fingerprint density at radius 1 is 1.00 bits per heavy atom. The Hall–Kier alpha value is -3.59. The van der Waals surface area contributed by atoms with E-state index in [4.69, 9.17) is 0 Å². The predicted molar refractivity (Wildman–Crippen MR) is 103 cm³/mol. The highest BCUT2D eigenvalue weighted by Crippen LogP contribution is 2.28. The zero-order valence-corrected chi connectivity index (χ0v) is 15.5. The normalized spacial score (nSPS) is 10.6. The SMILES string of the molecule is CN(C(=O)c1ccc(F)cc1)c1nc(-c2cc(-c3cnccn3)ncn2)cs1. The minimum atomic E-state index is -0.390. The topological polar surface area (TPSA) is 84.8 Å². The van der Waals surface area contributed by atoms with E-state index in [0.29, 0.717) is 33.5 Å². The molecule has 0 N–H and O–H groups in total. The van der Waals surface area contributed by atoms with Crippen LogP contribution in [-0.2, 0) is 0 Å². The van der Waals surface area contributed by atoms with Crippen LogP contribution in [0.5, 0.6) is 0 Å². The molecule has 3 heterocycles. The number of benzene rings is 1. The number of halogens is 1. The molecule has 0 aliphatic carbocycles. The standard InChI is InChI=1S/C19H13FN6OS/c1-26(18(27)12-2-4-13(20)5-3-12)19-25-17(10-28-19)15-8-14(23-11-24-15)16-9-21-6-7-22-16/h2-11H,1H3. The number of carbonyl (C=O) groups excluding carboxylic acids is 1. The summed E-state index contributed by atoms with van der Waals surface area (Å²) >= 11 is 1.31. The van der Waals surface area contributed by atoms with Crippen molar-refractivity contribution in [3.8, 4) is 22.8 Å². The molecular weight excluding hydrogens is 379 g/mol. The Morgan fingerprint density at radius 2 is 1.75 bits per heavy atom. The van der Waals surface area contributed by atoms with Crippen molar-refractivity contribution in [1.82, 2.24) is 24.9 Å². The Balaban J connectivity index is 1.59. The third kappa shape index (κ3) is 3.60. The first-order valence-corrected chi connectivity index (χ1v) is 9.08. The molecule has 1 amide bonds. The number of aromatic nitrogens is 5. The summed E-state index contributed by atoms with van der Waals surface area (Å²) in [5, 5.41) is 2.32. The van der Waals surface area contributed by atoms with E-state index in [1.807, 2.05) is 5.38 Å². The molecule has 0 bridgehead atoms. The maximum absolute atomic E-state index is 13.1. The Morgan fingerprint density at radius 3 is 2.46 bits per heavy atom. The van der Waals surface area contributed by atoms with E-state index in [2.05, 4.69) is 24.9 Å². The van der Waals surface area contributed by atoms with Crippen LogP contribution in [0.2, 0.25) is 0 Å². The van der Waals surface area contributed by atoms with Crippen LogP contribution >= 0.6 is 11.3 Å². The number of hydrogen-bond donors (Lipinski definition) is 0. The molecule has 1 aromatic carbocycles. The van der Waals surface area contributed by atoms with Gasteiger partial charge in [-0.15, -0.1) is 11.3 Å². The van der Waals surface area contributed by atoms with Crippen molar-refractivity contribution in [2.75, 3.05) is 11.9 Å². The lowest BCUT2D eigenvalue weighted by Gasteiger charge is -2.13. The van der Waals surface area contributed by atoms with E-state index in [-0.39, 0.29) is 5.91 Å². The lowest BCUT2D eigenvalue weighted by molar-refractivity contribution is 0.0993. The number of anilines is 1. The monoisotopic (exact) mass is 392 g/mol. The number of hydrogen-bond acceptors (Lipinski definition) is 7. The van der Waals surface area contributed by atoms with Crippen molar-refractivity contribution in [1.29, 1.82) is 0 Å². The van der Waals surface area contributed by atoms with Crippen molar-refractivity contribution in [3.05, 3.63) is 72.0 Å². The summed E-state index contributed by atoms with van der Waals surface area (Å²) in [6.07, 6.45) is 6.24. The highest BCUT2D eigenvalue weighted by molar-refractivity contribution is 7.14. The van der Waals surface area contributed by atoms with Gasteiger partial charge in [-0.3, -0.25) is 19.7 Å². The average molecular weight is 392 g/mol. The molecule has 7 nitrogen and oxygen atoms in total. The summed E-state index contributed by atoms with van der Waals surface area (Å²) in [4.78, 5) is 35.2. The highest BCUT2D eigenvalue weighted by atomic mass is 32.1. The molecule has 0 aliphatic heterocycles. The van der Waals surface area contributed by atoms with Crippen LogP contribution in [0, 0.1) is 5.82 Å². The maximum Gasteiger partial charge on any atom is 0.259 e. The first kappa shape index (κ1) is 17.8. The van der Waals surface area contributed by atoms with Gasteiger partial charge in [0.1, 0.15) is 23.5 Å². The van der Waals surface area contributed by atoms with Gasteiger partial charge in [-0.25, -0.2) is 19.3 Å². The van der Waals surface area contributed by atoms with Crippen molar-refractivity contribution in [3.63, 3.8) is 0 Å². The van der Waals surface area contributed by atoms with Crippen molar-refractivity contribution in [2.24, 2.45) is 0 Å². The molecule has 0 aliphatic rings. The fraction of sp³-hybridized carbons (Fsp3) is 0.0526. The van der Waals surface area contributed by atoms with Crippen LogP contribution in [0.3, 0.4) is 0 Å². The molecule has 0 spiro atoms. The van der Waals surface area contributed by atoms with E-state index in [9.17, 15) is 9.18 Å². The zero-order valence-electron chi connectivity index (χ0n) is 14.7. The van der Waals surface area contributed by atoms with Gasteiger partial charge < -0.3 is 0 Å². The molecule has 0 saturated heterocycles. The molecule has 9 heteroatoms. The maximum atomic E-state index is 13.1. The third-order valence-electron chi connectivity index (χ3n) is 3.93. The van der Waals surface area contributed by atoms with Crippen molar-refractivity contribution in [2.45, 2.75) is 0 Å². The third-order valence-corrected chi connectivity index (χ3v) is 4.85. The second-order valence-corrected chi connectivity index (χ2v) is 6.60. The zero-order chi connectivity index (χ0) is 19.5. The van der Waals surface area contributed by atoms with Crippen molar-refractivity contribution >= 4 is 22.4 Å². The van der Waals surface area contributed by atoms with Gasteiger partial charge in [0.2, 0.25) is 0 Å². The fourth-order valence-electron chi connectivity index (χ4n) is 2.48. The Bertz CT molecular complexity index is 1120. The van der Waals surface area contributed by atoms with E-state index in [1.54, 1.807) is 31.7 Å². The molecule has 138 valence electrons. The Labute approximate surface area is 163 Å². The lowest BCUT2D eigenvalue weighted by Crippen LogP contribution is -2.26. The molecule has 4 rings (SSSR count). The summed E-state index contributed by atoms with van der Waals surface area (Å²) < 4.78 is 13.1. The van der Waals surface area contributed by atoms with Crippen LogP contribution in [0.15, 0.2) is 60.6 Å². The molecule has 3 aromatic heterocycles. The summed E-state index contributed by atoms with van der Waals surface area (Å²) in [6, 6.07) is 7.16. The molecule has 0 fully saturated rings. The molecule has 28 heavy (non-hydrogen) atoms.